The summed E-state index contributed by atoms with van der Waals surface area (Å²) < 4.78 is 11.9. The summed E-state index contributed by atoms with van der Waals surface area (Å²) in [6.07, 6.45) is 1.52. The van der Waals surface area contributed by atoms with Gasteiger partial charge in [0.2, 0.25) is 0 Å². The number of methoxy groups -OCH3 is 2. The lowest BCUT2D eigenvalue weighted by atomic mass is 10.2. The number of ether oxygens (including phenoxy) is 2. The number of hydrogen-bond acceptors (Lipinski definition) is 4. The molecule has 3 rings (SSSR count). The number of nitrogens with one attached hydrogen (secondary N) is 1. The van der Waals surface area contributed by atoms with Gasteiger partial charge in [0.1, 0.15) is 11.5 Å². The molecule has 0 saturated heterocycles. The van der Waals surface area contributed by atoms with Crippen LogP contribution in [0.5, 0.6) is 11.5 Å². The molecule has 0 atom stereocenters. The molecule has 0 aliphatic rings. The van der Waals surface area contributed by atoms with E-state index >= 15 is 0 Å². The monoisotopic (exact) mass is 398 g/mol. The number of carbonyl (C=O) groups excluding carboxylic acids is 1. The molecule has 6 nitrogen and oxygen atoms in total. The van der Waals surface area contributed by atoms with E-state index in [4.69, 9.17) is 21.1 Å². The van der Waals surface area contributed by atoms with Gasteiger partial charge in [-0.1, -0.05) is 23.7 Å². The quantitative estimate of drug-likeness (QED) is 0.685. The minimum Gasteiger partial charge on any atom is -0.497 e. The van der Waals surface area contributed by atoms with E-state index in [1.807, 2.05) is 12.1 Å². The van der Waals surface area contributed by atoms with Crippen LogP contribution in [0, 0.1) is 0 Å². The Morgan fingerprint density at radius 3 is 2.61 bits per heavy atom. The average molecular weight is 399 g/mol. The highest BCUT2D eigenvalue weighted by Crippen LogP contribution is 2.29. The lowest BCUT2D eigenvalue weighted by Gasteiger charge is -2.13. The molecule has 2 aromatic carbocycles. The molecule has 0 bridgehead atoms. The molecule has 1 aromatic heterocycles. The highest BCUT2D eigenvalue weighted by Gasteiger charge is 2.12. The smallest absolute Gasteiger partial charge is 0.257 e. The van der Waals surface area contributed by atoms with Crippen LogP contribution in [0.1, 0.15) is 15.9 Å². The lowest BCUT2D eigenvalue weighted by molar-refractivity contribution is 0.102. The fourth-order valence-electron chi connectivity index (χ4n) is 2.73. The number of aromatic nitrogens is 1. The molecule has 1 N–H and O–H groups in total. The number of nitrogens with zero attached hydrogens (tertiary/aromatic N) is 1. The van der Waals surface area contributed by atoms with E-state index in [2.05, 4.69) is 5.32 Å². The molecular weight excluding hydrogens is 380 g/mol. The van der Waals surface area contributed by atoms with Crippen molar-refractivity contribution < 1.29 is 14.3 Å². The Morgan fingerprint density at radius 2 is 1.89 bits per heavy atom. The fourth-order valence-corrected chi connectivity index (χ4v) is 2.94. The van der Waals surface area contributed by atoms with Gasteiger partial charge in [-0.25, -0.2) is 0 Å². The predicted molar refractivity (Wildman–Crippen MR) is 109 cm³/mol. The van der Waals surface area contributed by atoms with Crippen LogP contribution in [0.25, 0.3) is 0 Å². The zero-order valence-corrected chi connectivity index (χ0v) is 16.2. The number of pyridine rings is 1. The molecule has 0 saturated carbocycles. The van der Waals surface area contributed by atoms with E-state index in [1.54, 1.807) is 37.4 Å². The zero-order chi connectivity index (χ0) is 20.1. The molecular formula is C21H19ClN2O4. The lowest BCUT2D eigenvalue weighted by Crippen LogP contribution is -2.22. The van der Waals surface area contributed by atoms with Gasteiger partial charge in [-0.05, 0) is 35.9 Å². The van der Waals surface area contributed by atoms with Crippen LogP contribution in [0.2, 0.25) is 5.02 Å². The average Bonchev–Trinajstić information content (AvgIpc) is 2.69. The number of carbonyl (C=O) groups is 1. The Bertz CT molecular complexity index is 1060. The van der Waals surface area contributed by atoms with E-state index in [9.17, 15) is 9.59 Å². The van der Waals surface area contributed by atoms with Crippen molar-refractivity contribution in [1.82, 2.24) is 4.57 Å². The molecule has 144 valence electrons. The van der Waals surface area contributed by atoms with Crippen molar-refractivity contribution in [2.75, 3.05) is 19.5 Å². The summed E-state index contributed by atoms with van der Waals surface area (Å²) >= 11 is 6.00. The molecule has 0 fully saturated rings. The maximum atomic E-state index is 12.7. The zero-order valence-electron chi connectivity index (χ0n) is 15.4. The Morgan fingerprint density at radius 1 is 1.07 bits per heavy atom. The van der Waals surface area contributed by atoms with E-state index in [0.717, 1.165) is 5.56 Å². The van der Waals surface area contributed by atoms with Gasteiger partial charge in [-0.3, -0.25) is 9.59 Å². The standard InChI is InChI=1S/C21H19ClN2O4/c1-27-17-7-8-19(28-2)18(11-17)23-21(26)15-6-9-20(25)24(13-15)12-14-4-3-5-16(22)10-14/h3-11,13H,12H2,1-2H3,(H,23,26). The first-order valence-electron chi connectivity index (χ1n) is 8.48. The third-order valence-electron chi connectivity index (χ3n) is 4.14. The largest absolute Gasteiger partial charge is 0.497 e. The van der Waals surface area contributed by atoms with Crippen LogP contribution < -0.4 is 20.3 Å². The number of benzene rings is 2. The summed E-state index contributed by atoms with van der Waals surface area (Å²) in [5, 5.41) is 3.38. The van der Waals surface area contributed by atoms with E-state index < -0.39 is 0 Å². The maximum absolute atomic E-state index is 12.7. The molecule has 7 heteroatoms. The highest BCUT2D eigenvalue weighted by molar-refractivity contribution is 6.30. The molecule has 3 aromatic rings. The second-order valence-electron chi connectivity index (χ2n) is 6.03. The molecule has 1 amide bonds. The highest BCUT2D eigenvalue weighted by atomic mass is 35.5. The minimum absolute atomic E-state index is 0.213. The van der Waals surface area contributed by atoms with E-state index in [-0.39, 0.29) is 11.5 Å². The second-order valence-corrected chi connectivity index (χ2v) is 6.47. The third kappa shape index (κ3) is 4.53. The molecule has 1 heterocycles. The van der Waals surface area contributed by atoms with Crippen LogP contribution in [0.4, 0.5) is 5.69 Å². The Hall–Kier alpha value is -3.25. The van der Waals surface area contributed by atoms with Crippen molar-refractivity contribution in [1.29, 1.82) is 0 Å². The topological polar surface area (TPSA) is 69.6 Å². The second kappa shape index (κ2) is 8.63. The number of hydrogen-bond donors (Lipinski definition) is 1. The van der Waals surface area contributed by atoms with Crippen LogP contribution in [0.15, 0.2) is 65.6 Å². The SMILES string of the molecule is COc1ccc(OC)c(NC(=O)c2ccc(=O)n(Cc3cccc(Cl)c3)c2)c1. The Kier molecular flexibility index (Phi) is 6.01. The van der Waals surface area contributed by atoms with Gasteiger partial charge in [0.05, 0.1) is 32.0 Å². The van der Waals surface area contributed by atoms with Gasteiger partial charge in [0, 0.05) is 23.4 Å². The predicted octanol–water partition coefficient (Wildman–Crippen LogP) is 3.82. The van der Waals surface area contributed by atoms with Gasteiger partial charge < -0.3 is 19.4 Å². The van der Waals surface area contributed by atoms with Crippen LogP contribution >= 0.6 is 11.6 Å². The van der Waals surface area contributed by atoms with Crippen molar-refractivity contribution in [2.45, 2.75) is 6.54 Å². The summed E-state index contributed by atoms with van der Waals surface area (Å²) in [7, 11) is 3.06. The first-order chi connectivity index (χ1) is 13.5. The van der Waals surface area contributed by atoms with Crippen molar-refractivity contribution in [3.05, 3.63) is 87.3 Å². The van der Waals surface area contributed by atoms with Gasteiger partial charge in [0.25, 0.3) is 11.5 Å². The number of halogens is 1. The van der Waals surface area contributed by atoms with Crippen molar-refractivity contribution in [2.24, 2.45) is 0 Å². The third-order valence-corrected chi connectivity index (χ3v) is 4.38. The molecule has 0 spiro atoms. The van der Waals surface area contributed by atoms with Gasteiger partial charge in [0.15, 0.2) is 0 Å². The molecule has 0 aliphatic heterocycles. The maximum Gasteiger partial charge on any atom is 0.257 e. The van der Waals surface area contributed by atoms with Gasteiger partial charge in [-0.15, -0.1) is 0 Å². The fraction of sp³-hybridized carbons (Fsp3) is 0.143. The normalized spacial score (nSPS) is 10.4. The van der Waals surface area contributed by atoms with Crippen LogP contribution in [-0.2, 0) is 6.54 Å². The minimum atomic E-state index is -0.369. The Labute approximate surface area is 167 Å². The van der Waals surface area contributed by atoms with Gasteiger partial charge >= 0.3 is 0 Å². The first-order valence-corrected chi connectivity index (χ1v) is 8.86. The molecule has 0 aliphatic carbocycles. The summed E-state index contributed by atoms with van der Waals surface area (Å²) in [6.45, 7) is 0.309. The number of anilines is 1. The first kappa shape index (κ1) is 19.5. The number of amides is 1. The summed E-state index contributed by atoms with van der Waals surface area (Å²) in [5.41, 5.74) is 1.46. The molecule has 0 unspecified atom stereocenters. The van der Waals surface area contributed by atoms with Crippen LogP contribution in [0.3, 0.4) is 0 Å². The Balaban J connectivity index is 1.86. The summed E-state index contributed by atoms with van der Waals surface area (Å²) in [4.78, 5) is 24.9. The molecule has 0 radical (unpaired) electrons. The van der Waals surface area contributed by atoms with Crippen molar-refractivity contribution in [3.8, 4) is 11.5 Å². The van der Waals surface area contributed by atoms with E-state index in [1.165, 1.54) is 30.0 Å². The van der Waals surface area contributed by atoms with Crippen molar-refractivity contribution in [3.63, 3.8) is 0 Å². The van der Waals surface area contributed by atoms with Crippen molar-refractivity contribution >= 4 is 23.2 Å². The summed E-state index contributed by atoms with van der Waals surface area (Å²) in [6, 6.07) is 15.2. The van der Waals surface area contributed by atoms with Gasteiger partial charge in [-0.2, -0.15) is 0 Å². The molecule has 28 heavy (non-hydrogen) atoms. The summed E-state index contributed by atoms with van der Waals surface area (Å²) in [5.74, 6) is 0.717. The van der Waals surface area contributed by atoms with E-state index in [0.29, 0.717) is 34.3 Å². The number of rotatable bonds is 6. The van der Waals surface area contributed by atoms with Crippen LogP contribution in [-0.4, -0.2) is 24.7 Å².